The molecule has 0 unspecified atom stereocenters. The molecule has 0 radical (unpaired) electrons. The van der Waals surface area contributed by atoms with Crippen LogP contribution in [0.5, 0.6) is 11.8 Å². The normalized spacial score (nSPS) is 10.2. The Balaban J connectivity index is 2.49. The van der Waals surface area contributed by atoms with Crippen molar-refractivity contribution in [3.8, 4) is 17.5 Å². The van der Waals surface area contributed by atoms with Crippen molar-refractivity contribution in [3.05, 3.63) is 34.8 Å². The highest BCUT2D eigenvalue weighted by Gasteiger charge is 2.13. The molecule has 1 aromatic heterocycles. The van der Waals surface area contributed by atoms with Crippen molar-refractivity contribution in [3.63, 3.8) is 0 Å². The van der Waals surface area contributed by atoms with Gasteiger partial charge < -0.3 is 13.9 Å². The van der Waals surface area contributed by atoms with Crippen molar-refractivity contribution in [2.75, 3.05) is 13.7 Å². The number of para-hydroxylation sites is 2. The Morgan fingerprint density at radius 3 is 2.88 bits per heavy atom. The summed E-state index contributed by atoms with van der Waals surface area (Å²) in [7, 11) is 1.52. The molecule has 6 nitrogen and oxygen atoms in total. The molecular formula is C11H12N2O4. The number of hydrogen-bond donors (Lipinski definition) is 0. The molecule has 0 fully saturated rings. The third-order valence-electron chi connectivity index (χ3n) is 2.11. The first-order valence-corrected chi connectivity index (χ1v) is 5.12. The minimum absolute atomic E-state index is 0.0524. The van der Waals surface area contributed by atoms with E-state index >= 15 is 0 Å². The predicted octanol–water partition coefficient (Wildman–Crippen LogP) is 1.23. The lowest BCUT2D eigenvalue weighted by Crippen LogP contribution is -2.14. The fourth-order valence-corrected chi connectivity index (χ4v) is 1.40. The lowest BCUT2D eigenvalue weighted by molar-refractivity contribution is 0.238. The second kappa shape index (κ2) is 4.73. The van der Waals surface area contributed by atoms with Gasteiger partial charge in [-0.25, -0.2) is 4.79 Å². The Kier molecular flexibility index (Phi) is 3.13. The van der Waals surface area contributed by atoms with Gasteiger partial charge in [0.2, 0.25) is 0 Å². The van der Waals surface area contributed by atoms with Crippen LogP contribution in [0.4, 0.5) is 0 Å². The van der Waals surface area contributed by atoms with Gasteiger partial charge in [-0.2, -0.15) is 4.68 Å². The third kappa shape index (κ3) is 2.15. The topological polar surface area (TPSA) is 66.5 Å². The van der Waals surface area contributed by atoms with Crippen LogP contribution in [0.25, 0.3) is 5.69 Å². The monoisotopic (exact) mass is 236 g/mol. The molecule has 0 saturated carbocycles. The zero-order valence-corrected chi connectivity index (χ0v) is 9.54. The summed E-state index contributed by atoms with van der Waals surface area (Å²) in [6.07, 6.45) is -0.0524. The number of rotatable bonds is 4. The average Bonchev–Trinajstić information content (AvgIpc) is 2.70. The van der Waals surface area contributed by atoms with Crippen molar-refractivity contribution in [1.82, 2.24) is 9.78 Å². The highest BCUT2D eigenvalue weighted by Crippen LogP contribution is 2.20. The number of methoxy groups -OCH3 is 1. The number of nitrogens with zero attached hydrogens (tertiary/aromatic N) is 2. The van der Waals surface area contributed by atoms with E-state index in [4.69, 9.17) is 13.9 Å². The first-order valence-electron chi connectivity index (χ1n) is 5.12. The first kappa shape index (κ1) is 11.3. The van der Waals surface area contributed by atoms with Gasteiger partial charge in [-0.3, -0.25) is 0 Å². The van der Waals surface area contributed by atoms with E-state index in [1.807, 2.05) is 0 Å². The zero-order chi connectivity index (χ0) is 12.3. The van der Waals surface area contributed by atoms with Gasteiger partial charge in [-0.15, -0.1) is 0 Å². The molecule has 17 heavy (non-hydrogen) atoms. The van der Waals surface area contributed by atoms with E-state index in [1.165, 1.54) is 7.11 Å². The summed E-state index contributed by atoms with van der Waals surface area (Å²) in [5, 5.41) is 3.91. The molecule has 0 aliphatic heterocycles. The van der Waals surface area contributed by atoms with Crippen LogP contribution < -0.4 is 15.2 Å². The lowest BCUT2D eigenvalue weighted by atomic mass is 10.3. The average molecular weight is 236 g/mol. The van der Waals surface area contributed by atoms with Gasteiger partial charge in [0.15, 0.2) is 0 Å². The maximum absolute atomic E-state index is 11.6. The van der Waals surface area contributed by atoms with E-state index in [9.17, 15) is 4.79 Å². The van der Waals surface area contributed by atoms with Gasteiger partial charge in [-0.1, -0.05) is 17.2 Å². The van der Waals surface area contributed by atoms with Crippen molar-refractivity contribution in [2.45, 2.75) is 6.92 Å². The fourth-order valence-electron chi connectivity index (χ4n) is 1.40. The molecule has 2 aromatic rings. The Morgan fingerprint density at radius 1 is 1.41 bits per heavy atom. The summed E-state index contributed by atoms with van der Waals surface area (Å²) in [6, 6.07) is 7.02. The summed E-state index contributed by atoms with van der Waals surface area (Å²) < 4.78 is 16.1. The molecule has 90 valence electrons. The Bertz CT molecular complexity index is 559. The standard InChI is InChI=1S/C11H12N2O4/c1-3-16-10-12-13(11(14)17-10)8-6-4-5-7-9(8)15-2/h4-7H,3H2,1-2H3. The zero-order valence-electron chi connectivity index (χ0n) is 9.54. The molecule has 1 aromatic carbocycles. The fraction of sp³-hybridized carbons (Fsp3) is 0.273. The number of ether oxygens (including phenoxy) is 2. The maximum Gasteiger partial charge on any atom is 0.444 e. The highest BCUT2D eigenvalue weighted by atomic mass is 16.6. The Hall–Kier alpha value is -2.24. The van der Waals surface area contributed by atoms with E-state index in [1.54, 1.807) is 31.2 Å². The maximum atomic E-state index is 11.6. The number of aromatic nitrogens is 2. The molecule has 0 amide bonds. The van der Waals surface area contributed by atoms with Crippen LogP contribution in [-0.4, -0.2) is 23.5 Å². The van der Waals surface area contributed by atoms with Gasteiger partial charge >= 0.3 is 11.8 Å². The summed E-state index contributed by atoms with van der Waals surface area (Å²) >= 11 is 0. The van der Waals surface area contributed by atoms with Crippen molar-refractivity contribution in [2.24, 2.45) is 0 Å². The molecule has 1 heterocycles. The Morgan fingerprint density at radius 2 is 2.18 bits per heavy atom. The Labute approximate surface area is 97.4 Å². The number of benzene rings is 1. The van der Waals surface area contributed by atoms with E-state index in [-0.39, 0.29) is 6.08 Å². The minimum Gasteiger partial charge on any atom is -0.494 e. The van der Waals surface area contributed by atoms with Crippen LogP contribution in [0, 0.1) is 0 Å². The smallest absolute Gasteiger partial charge is 0.444 e. The molecule has 0 saturated heterocycles. The van der Waals surface area contributed by atoms with Crippen LogP contribution in [0.2, 0.25) is 0 Å². The van der Waals surface area contributed by atoms with Gasteiger partial charge in [0.1, 0.15) is 11.4 Å². The quantitative estimate of drug-likeness (QED) is 0.798. The molecule has 0 aliphatic carbocycles. The highest BCUT2D eigenvalue weighted by molar-refractivity contribution is 5.45. The molecule has 2 rings (SSSR count). The van der Waals surface area contributed by atoms with Gasteiger partial charge in [0, 0.05) is 0 Å². The van der Waals surface area contributed by atoms with E-state index in [2.05, 4.69) is 5.10 Å². The second-order valence-corrected chi connectivity index (χ2v) is 3.15. The molecule has 6 heteroatoms. The van der Waals surface area contributed by atoms with Crippen LogP contribution in [-0.2, 0) is 0 Å². The first-order chi connectivity index (χ1) is 8.26. The van der Waals surface area contributed by atoms with Crippen LogP contribution in [0.3, 0.4) is 0 Å². The van der Waals surface area contributed by atoms with E-state index in [0.717, 1.165) is 4.68 Å². The third-order valence-corrected chi connectivity index (χ3v) is 2.11. The molecule has 0 bridgehead atoms. The van der Waals surface area contributed by atoms with Gasteiger partial charge in [0.25, 0.3) is 0 Å². The van der Waals surface area contributed by atoms with Crippen LogP contribution in [0.15, 0.2) is 33.5 Å². The van der Waals surface area contributed by atoms with Crippen LogP contribution in [0.1, 0.15) is 6.92 Å². The molecule has 0 aliphatic rings. The van der Waals surface area contributed by atoms with Crippen molar-refractivity contribution < 1.29 is 13.9 Å². The SMILES string of the molecule is CCOc1nn(-c2ccccc2OC)c(=O)o1. The van der Waals surface area contributed by atoms with Crippen LogP contribution >= 0.6 is 0 Å². The largest absolute Gasteiger partial charge is 0.494 e. The second-order valence-electron chi connectivity index (χ2n) is 3.15. The van der Waals surface area contributed by atoms with Crippen molar-refractivity contribution in [1.29, 1.82) is 0 Å². The van der Waals surface area contributed by atoms with E-state index < -0.39 is 5.76 Å². The molecular weight excluding hydrogens is 224 g/mol. The summed E-state index contributed by atoms with van der Waals surface area (Å²) in [5.74, 6) is -0.0797. The van der Waals surface area contributed by atoms with Gasteiger partial charge in [-0.05, 0) is 19.1 Å². The van der Waals surface area contributed by atoms with Crippen molar-refractivity contribution >= 4 is 0 Å². The van der Waals surface area contributed by atoms with E-state index in [0.29, 0.717) is 18.0 Å². The summed E-state index contributed by atoms with van der Waals surface area (Å²) in [5.41, 5.74) is 0.509. The van der Waals surface area contributed by atoms with Gasteiger partial charge in [0.05, 0.1) is 13.7 Å². The molecule has 0 spiro atoms. The lowest BCUT2D eigenvalue weighted by Gasteiger charge is -2.05. The number of hydrogen-bond acceptors (Lipinski definition) is 5. The minimum atomic E-state index is -0.613. The molecule has 0 atom stereocenters. The summed E-state index contributed by atoms with van der Waals surface area (Å²) in [6.45, 7) is 2.16. The summed E-state index contributed by atoms with van der Waals surface area (Å²) in [4.78, 5) is 11.6. The molecule has 0 N–H and O–H groups in total. The predicted molar refractivity (Wildman–Crippen MR) is 59.8 cm³/mol.